The minimum Gasteiger partial charge on any atom is -0.396 e. The topological polar surface area (TPSA) is 37.3 Å². The zero-order valence-electron chi connectivity index (χ0n) is 7.87. The minimum absolute atomic E-state index is 0.0957. The van der Waals surface area contributed by atoms with Gasteiger partial charge in [-0.05, 0) is 46.7 Å². The van der Waals surface area contributed by atoms with Crippen LogP contribution < -0.4 is 0 Å². The molecular weight excluding hydrogens is 291 g/mol. The van der Waals surface area contributed by atoms with Crippen molar-refractivity contribution in [2.45, 2.75) is 19.3 Å². The third kappa shape index (κ3) is 4.19. The largest absolute Gasteiger partial charge is 0.396 e. The van der Waals surface area contributed by atoms with E-state index in [2.05, 4.69) is 22.6 Å². The number of hydrogen-bond acceptors (Lipinski definition) is 2. The monoisotopic (exact) mass is 304 g/mol. The number of ketones is 1. The molecule has 3 heteroatoms. The Morgan fingerprint density at radius 1 is 1.29 bits per heavy atom. The SMILES string of the molecule is O=C(CCCO)Cc1ccc(I)cc1. The summed E-state index contributed by atoms with van der Waals surface area (Å²) in [5, 5.41) is 8.56. The summed E-state index contributed by atoms with van der Waals surface area (Å²) < 4.78 is 1.18. The molecule has 1 aromatic carbocycles. The van der Waals surface area contributed by atoms with Gasteiger partial charge >= 0.3 is 0 Å². The molecule has 0 aliphatic heterocycles. The molecule has 0 saturated carbocycles. The second kappa shape index (κ2) is 6.14. The van der Waals surface area contributed by atoms with Crippen molar-refractivity contribution in [3.8, 4) is 0 Å². The Balaban J connectivity index is 2.44. The van der Waals surface area contributed by atoms with Gasteiger partial charge < -0.3 is 5.11 Å². The van der Waals surface area contributed by atoms with Crippen molar-refractivity contribution < 1.29 is 9.90 Å². The third-order valence-corrected chi connectivity index (χ3v) is 2.65. The van der Waals surface area contributed by atoms with Crippen molar-refractivity contribution in [2.24, 2.45) is 0 Å². The molecule has 0 fully saturated rings. The lowest BCUT2D eigenvalue weighted by atomic mass is 10.1. The zero-order chi connectivity index (χ0) is 10.4. The van der Waals surface area contributed by atoms with E-state index >= 15 is 0 Å². The Bertz CT molecular complexity index is 293. The summed E-state index contributed by atoms with van der Waals surface area (Å²) in [6, 6.07) is 7.93. The molecule has 1 rings (SSSR count). The van der Waals surface area contributed by atoms with E-state index in [-0.39, 0.29) is 12.4 Å². The van der Waals surface area contributed by atoms with Crippen molar-refractivity contribution in [1.29, 1.82) is 0 Å². The number of carbonyl (C=O) groups is 1. The van der Waals surface area contributed by atoms with Crippen molar-refractivity contribution in [1.82, 2.24) is 0 Å². The van der Waals surface area contributed by atoms with E-state index in [1.165, 1.54) is 3.57 Å². The van der Waals surface area contributed by atoms with Gasteiger partial charge in [0.2, 0.25) is 0 Å². The molecule has 0 aliphatic rings. The maximum atomic E-state index is 11.3. The Labute approximate surface area is 97.5 Å². The highest BCUT2D eigenvalue weighted by atomic mass is 127. The Morgan fingerprint density at radius 3 is 2.50 bits per heavy atom. The predicted octanol–water partition coefficient (Wildman–Crippen LogP) is 2.18. The molecule has 0 amide bonds. The second-order valence-corrected chi connectivity index (χ2v) is 4.41. The number of halogens is 1. The summed E-state index contributed by atoms with van der Waals surface area (Å²) in [7, 11) is 0. The van der Waals surface area contributed by atoms with Gasteiger partial charge in [-0.2, -0.15) is 0 Å². The number of hydrogen-bond donors (Lipinski definition) is 1. The lowest BCUT2D eigenvalue weighted by Crippen LogP contribution is -2.03. The summed E-state index contributed by atoms with van der Waals surface area (Å²) in [4.78, 5) is 11.3. The van der Waals surface area contributed by atoms with Crippen LogP contribution in [0.4, 0.5) is 0 Å². The minimum atomic E-state index is 0.0957. The van der Waals surface area contributed by atoms with Crippen LogP contribution in [-0.2, 0) is 11.2 Å². The van der Waals surface area contributed by atoms with Crippen LogP contribution in [0.5, 0.6) is 0 Å². The van der Waals surface area contributed by atoms with Crippen LogP contribution in [0.25, 0.3) is 0 Å². The number of Topliss-reactive ketones (excluding diaryl/α,β-unsaturated/α-hetero) is 1. The van der Waals surface area contributed by atoms with Crippen molar-refractivity contribution in [3.63, 3.8) is 0 Å². The standard InChI is InChI=1S/C11H13IO2/c12-10-5-3-9(4-6-10)8-11(14)2-1-7-13/h3-6,13H,1-2,7-8H2. The molecule has 0 saturated heterocycles. The quantitative estimate of drug-likeness (QED) is 0.847. The third-order valence-electron chi connectivity index (χ3n) is 1.93. The van der Waals surface area contributed by atoms with Gasteiger partial charge in [0.1, 0.15) is 5.78 Å². The number of aliphatic hydroxyl groups excluding tert-OH is 1. The summed E-state index contributed by atoms with van der Waals surface area (Å²) in [6.07, 6.45) is 1.53. The highest BCUT2D eigenvalue weighted by Gasteiger charge is 2.02. The Kier molecular flexibility index (Phi) is 5.11. The van der Waals surface area contributed by atoms with E-state index in [1.54, 1.807) is 0 Å². The van der Waals surface area contributed by atoms with E-state index in [0.29, 0.717) is 19.3 Å². The first-order valence-electron chi connectivity index (χ1n) is 4.59. The van der Waals surface area contributed by atoms with Crippen LogP contribution in [0.1, 0.15) is 18.4 Å². The predicted molar refractivity (Wildman–Crippen MR) is 64.2 cm³/mol. The molecule has 0 aliphatic carbocycles. The molecule has 0 bridgehead atoms. The summed E-state index contributed by atoms with van der Waals surface area (Å²) >= 11 is 2.23. The van der Waals surface area contributed by atoms with E-state index in [9.17, 15) is 4.79 Å². The van der Waals surface area contributed by atoms with E-state index < -0.39 is 0 Å². The number of carbonyl (C=O) groups excluding carboxylic acids is 1. The van der Waals surface area contributed by atoms with Gasteiger partial charge in [-0.1, -0.05) is 12.1 Å². The second-order valence-electron chi connectivity index (χ2n) is 3.17. The molecule has 76 valence electrons. The van der Waals surface area contributed by atoms with Crippen molar-refractivity contribution >= 4 is 28.4 Å². The first-order chi connectivity index (χ1) is 6.72. The fourth-order valence-electron chi connectivity index (χ4n) is 1.19. The maximum absolute atomic E-state index is 11.3. The highest BCUT2D eigenvalue weighted by molar-refractivity contribution is 14.1. The fraction of sp³-hybridized carbons (Fsp3) is 0.364. The number of rotatable bonds is 5. The van der Waals surface area contributed by atoms with E-state index in [4.69, 9.17) is 5.11 Å². The molecule has 2 nitrogen and oxygen atoms in total. The van der Waals surface area contributed by atoms with Gasteiger partial charge in [-0.25, -0.2) is 0 Å². The first-order valence-corrected chi connectivity index (χ1v) is 5.67. The smallest absolute Gasteiger partial charge is 0.137 e. The molecule has 0 radical (unpaired) electrons. The van der Waals surface area contributed by atoms with Gasteiger partial charge in [-0.15, -0.1) is 0 Å². The van der Waals surface area contributed by atoms with Gasteiger partial charge in [0.05, 0.1) is 0 Å². The maximum Gasteiger partial charge on any atom is 0.137 e. The Hall–Kier alpha value is -0.420. The van der Waals surface area contributed by atoms with Crippen LogP contribution in [0.2, 0.25) is 0 Å². The molecule has 14 heavy (non-hydrogen) atoms. The molecule has 0 atom stereocenters. The molecular formula is C11H13IO2. The van der Waals surface area contributed by atoms with Gasteiger partial charge in [0.25, 0.3) is 0 Å². The van der Waals surface area contributed by atoms with Crippen LogP contribution >= 0.6 is 22.6 Å². The van der Waals surface area contributed by atoms with Crippen molar-refractivity contribution in [2.75, 3.05) is 6.61 Å². The highest BCUT2D eigenvalue weighted by Crippen LogP contribution is 2.08. The summed E-state index contributed by atoms with van der Waals surface area (Å²) in [6.45, 7) is 0.0957. The van der Waals surface area contributed by atoms with Gasteiger partial charge in [0.15, 0.2) is 0 Å². The fourth-order valence-corrected chi connectivity index (χ4v) is 1.55. The average molecular weight is 304 g/mol. The zero-order valence-corrected chi connectivity index (χ0v) is 10.0. The van der Waals surface area contributed by atoms with Crippen LogP contribution in [0, 0.1) is 3.57 Å². The Morgan fingerprint density at radius 2 is 1.93 bits per heavy atom. The lowest BCUT2D eigenvalue weighted by Gasteiger charge is -2.00. The molecule has 0 spiro atoms. The summed E-state index contributed by atoms with van der Waals surface area (Å²) in [5.74, 6) is 0.195. The van der Waals surface area contributed by atoms with Crippen molar-refractivity contribution in [3.05, 3.63) is 33.4 Å². The van der Waals surface area contributed by atoms with Gasteiger partial charge in [0, 0.05) is 23.0 Å². The molecule has 0 heterocycles. The first kappa shape index (κ1) is 11.7. The lowest BCUT2D eigenvalue weighted by molar-refractivity contribution is -0.118. The number of aliphatic hydroxyl groups is 1. The molecule has 1 aromatic rings. The molecule has 0 aromatic heterocycles. The molecule has 1 N–H and O–H groups in total. The summed E-state index contributed by atoms with van der Waals surface area (Å²) in [5.41, 5.74) is 1.05. The number of benzene rings is 1. The van der Waals surface area contributed by atoms with Crippen LogP contribution in [-0.4, -0.2) is 17.5 Å². The molecule has 0 unspecified atom stereocenters. The average Bonchev–Trinajstić information content (AvgIpc) is 2.18. The van der Waals surface area contributed by atoms with E-state index in [1.807, 2.05) is 24.3 Å². The normalized spacial score (nSPS) is 10.1. The van der Waals surface area contributed by atoms with Crippen LogP contribution in [0.3, 0.4) is 0 Å². The van der Waals surface area contributed by atoms with Gasteiger partial charge in [-0.3, -0.25) is 4.79 Å². The van der Waals surface area contributed by atoms with E-state index in [0.717, 1.165) is 5.56 Å². The van der Waals surface area contributed by atoms with Crippen LogP contribution in [0.15, 0.2) is 24.3 Å².